The van der Waals surface area contributed by atoms with E-state index in [1.807, 2.05) is 11.8 Å². The van der Waals surface area contributed by atoms with Crippen molar-refractivity contribution >= 4 is 5.91 Å². The van der Waals surface area contributed by atoms with Crippen molar-refractivity contribution in [2.24, 2.45) is 5.92 Å². The summed E-state index contributed by atoms with van der Waals surface area (Å²) in [4.78, 5) is 19.4. The lowest BCUT2D eigenvalue weighted by Crippen LogP contribution is -2.61. The lowest BCUT2D eigenvalue weighted by atomic mass is 9.83. The van der Waals surface area contributed by atoms with Crippen molar-refractivity contribution in [1.29, 1.82) is 0 Å². The molecule has 0 radical (unpaired) electrons. The van der Waals surface area contributed by atoms with Crippen LogP contribution in [0.5, 0.6) is 0 Å². The van der Waals surface area contributed by atoms with E-state index in [0.717, 1.165) is 38.1 Å². The summed E-state index contributed by atoms with van der Waals surface area (Å²) in [6.07, 6.45) is 3.28. The van der Waals surface area contributed by atoms with Gasteiger partial charge in [0.05, 0.1) is 13.0 Å². The Morgan fingerprint density at radius 2 is 1.81 bits per heavy atom. The van der Waals surface area contributed by atoms with Crippen LogP contribution in [0.2, 0.25) is 0 Å². The van der Waals surface area contributed by atoms with Crippen LogP contribution in [-0.2, 0) is 9.53 Å². The van der Waals surface area contributed by atoms with Crippen LogP contribution in [0, 0.1) is 5.92 Å². The maximum Gasteiger partial charge on any atom is 0.224 e. The molecular formula is C16H29N3O2. The van der Waals surface area contributed by atoms with Gasteiger partial charge in [-0.25, -0.2) is 0 Å². The normalized spacial score (nSPS) is 33.4. The fourth-order valence-electron chi connectivity index (χ4n) is 4.11. The van der Waals surface area contributed by atoms with Gasteiger partial charge in [-0.2, -0.15) is 0 Å². The molecule has 4 fully saturated rings. The number of nitrogens with zero attached hydrogens (tertiary/aromatic N) is 3. The first-order valence-corrected chi connectivity index (χ1v) is 8.60. The third kappa shape index (κ3) is 3.58. The Morgan fingerprint density at radius 1 is 1.10 bits per heavy atom. The van der Waals surface area contributed by atoms with Gasteiger partial charge in [0.1, 0.15) is 0 Å². The smallest absolute Gasteiger partial charge is 0.224 e. The molecule has 1 unspecified atom stereocenters. The largest absolute Gasteiger partial charge is 0.381 e. The molecule has 1 amide bonds. The zero-order valence-corrected chi connectivity index (χ0v) is 13.3. The molecule has 0 aromatic heterocycles. The number of hydrogen-bond acceptors (Lipinski definition) is 4. The molecule has 4 aliphatic heterocycles. The van der Waals surface area contributed by atoms with Crippen LogP contribution in [0.15, 0.2) is 0 Å². The van der Waals surface area contributed by atoms with Gasteiger partial charge >= 0.3 is 0 Å². The molecule has 4 aliphatic rings. The van der Waals surface area contributed by atoms with Gasteiger partial charge in [-0.15, -0.1) is 0 Å². The summed E-state index contributed by atoms with van der Waals surface area (Å²) in [5, 5.41) is 0. The molecule has 21 heavy (non-hydrogen) atoms. The predicted octanol–water partition coefficient (Wildman–Crippen LogP) is 0.651. The standard InChI is InChI=1S/C16H29N3O2/c1-2-21-12-5-16(20)19-10-8-18(9-11-19)15-13-17-6-3-14(15)4-7-17/h14-15H,2-13H2,1H3. The summed E-state index contributed by atoms with van der Waals surface area (Å²) >= 11 is 0. The number of piperidine rings is 3. The van der Waals surface area contributed by atoms with E-state index in [1.54, 1.807) is 0 Å². The van der Waals surface area contributed by atoms with E-state index < -0.39 is 0 Å². The van der Waals surface area contributed by atoms with E-state index in [4.69, 9.17) is 4.74 Å². The Bertz CT molecular complexity index is 347. The van der Waals surface area contributed by atoms with E-state index in [0.29, 0.717) is 19.6 Å². The third-order valence-corrected chi connectivity index (χ3v) is 5.42. The highest BCUT2D eigenvalue weighted by Crippen LogP contribution is 2.31. The second kappa shape index (κ2) is 7.07. The number of ether oxygens (including phenoxy) is 1. The van der Waals surface area contributed by atoms with Crippen molar-refractivity contribution in [3.63, 3.8) is 0 Å². The number of piperazine rings is 1. The van der Waals surface area contributed by atoms with Crippen molar-refractivity contribution in [3.05, 3.63) is 0 Å². The summed E-state index contributed by atoms with van der Waals surface area (Å²) in [6.45, 7) is 11.0. The minimum absolute atomic E-state index is 0.261. The molecule has 0 spiro atoms. The number of carbonyl (C=O) groups is 1. The van der Waals surface area contributed by atoms with Gasteiger partial charge in [0.25, 0.3) is 0 Å². The highest BCUT2D eigenvalue weighted by Gasteiger charge is 2.38. The topological polar surface area (TPSA) is 36.0 Å². The lowest BCUT2D eigenvalue weighted by molar-refractivity contribution is -0.135. The molecule has 0 aliphatic carbocycles. The molecule has 4 heterocycles. The van der Waals surface area contributed by atoms with Crippen LogP contribution in [0.25, 0.3) is 0 Å². The van der Waals surface area contributed by atoms with E-state index >= 15 is 0 Å². The maximum atomic E-state index is 12.1. The molecule has 5 nitrogen and oxygen atoms in total. The Balaban J connectivity index is 1.43. The molecule has 5 heteroatoms. The zero-order valence-electron chi connectivity index (χ0n) is 13.3. The van der Waals surface area contributed by atoms with Crippen molar-refractivity contribution in [2.75, 3.05) is 59.0 Å². The van der Waals surface area contributed by atoms with Gasteiger partial charge in [0.2, 0.25) is 5.91 Å². The first-order valence-electron chi connectivity index (χ1n) is 8.60. The average Bonchev–Trinajstić information content (AvgIpc) is 2.56. The molecule has 0 aromatic carbocycles. The Kier molecular flexibility index (Phi) is 5.14. The van der Waals surface area contributed by atoms with Crippen LogP contribution in [0.3, 0.4) is 0 Å². The zero-order chi connectivity index (χ0) is 14.7. The van der Waals surface area contributed by atoms with Gasteiger partial charge in [-0.1, -0.05) is 0 Å². The van der Waals surface area contributed by atoms with E-state index in [2.05, 4.69) is 9.80 Å². The molecule has 0 N–H and O–H groups in total. The average molecular weight is 295 g/mol. The molecule has 0 aromatic rings. The highest BCUT2D eigenvalue weighted by atomic mass is 16.5. The van der Waals surface area contributed by atoms with E-state index in [1.165, 1.54) is 32.5 Å². The van der Waals surface area contributed by atoms with Crippen molar-refractivity contribution in [2.45, 2.75) is 32.2 Å². The molecule has 2 bridgehead atoms. The first kappa shape index (κ1) is 15.3. The van der Waals surface area contributed by atoms with Gasteiger partial charge in [-0.05, 0) is 38.8 Å². The van der Waals surface area contributed by atoms with E-state index in [-0.39, 0.29) is 5.91 Å². The predicted molar refractivity (Wildman–Crippen MR) is 82.2 cm³/mol. The van der Waals surface area contributed by atoms with Crippen molar-refractivity contribution in [3.8, 4) is 0 Å². The van der Waals surface area contributed by atoms with Crippen LogP contribution in [0.1, 0.15) is 26.2 Å². The van der Waals surface area contributed by atoms with Gasteiger partial charge in [0.15, 0.2) is 0 Å². The number of rotatable bonds is 5. The SMILES string of the molecule is CCOCCC(=O)N1CCN(C2CN3CCC2CC3)CC1. The van der Waals surface area contributed by atoms with Crippen LogP contribution in [-0.4, -0.2) is 85.7 Å². The molecule has 1 atom stereocenters. The second-order valence-corrected chi connectivity index (χ2v) is 6.57. The van der Waals surface area contributed by atoms with Gasteiger partial charge < -0.3 is 14.5 Å². The van der Waals surface area contributed by atoms with E-state index in [9.17, 15) is 4.79 Å². The van der Waals surface area contributed by atoms with Crippen molar-refractivity contribution in [1.82, 2.24) is 14.7 Å². The van der Waals surface area contributed by atoms with Crippen LogP contribution in [0.4, 0.5) is 0 Å². The maximum absolute atomic E-state index is 12.1. The lowest BCUT2D eigenvalue weighted by Gasteiger charge is -2.51. The third-order valence-electron chi connectivity index (χ3n) is 5.42. The first-order chi connectivity index (χ1) is 10.3. The summed E-state index contributed by atoms with van der Waals surface area (Å²) in [5.41, 5.74) is 0. The summed E-state index contributed by atoms with van der Waals surface area (Å²) in [6, 6.07) is 0.744. The van der Waals surface area contributed by atoms with Gasteiger partial charge in [0, 0.05) is 45.4 Å². The summed E-state index contributed by atoms with van der Waals surface area (Å²) in [5.74, 6) is 1.16. The number of amides is 1. The minimum Gasteiger partial charge on any atom is -0.381 e. The molecule has 120 valence electrons. The quantitative estimate of drug-likeness (QED) is 0.698. The summed E-state index contributed by atoms with van der Waals surface area (Å²) < 4.78 is 5.28. The molecule has 0 saturated carbocycles. The Morgan fingerprint density at radius 3 is 2.38 bits per heavy atom. The Hall–Kier alpha value is -0.650. The van der Waals surface area contributed by atoms with Crippen molar-refractivity contribution < 1.29 is 9.53 Å². The summed E-state index contributed by atoms with van der Waals surface area (Å²) in [7, 11) is 0. The fraction of sp³-hybridized carbons (Fsp3) is 0.938. The molecular weight excluding hydrogens is 266 g/mol. The van der Waals surface area contributed by atoms with Crippen LogP contribution < -0.4 is 0 Å². The van der Waals surface area contributed by atoms with Crippen LogP contribution >= 0.6 is 0 Å². The second-order valence-electron chi connectivity index (χ2n) is 6.57. The Labute approximate surface area is 128 Å². The molecule has 4 saturated heterocycles. The highest BCUT2D eigenvalue weighted by molar-refractivity contribution is 5.76. The minimum atomic E-state index is 0.261. The number of fused-ring (bicyclic) bond motifs is 3. The van der Waals surface area contributed by atoms with Gasteiger partial charge in [-0.3, -0.25) is 9.69 Å². The molecule has 4 rings (SSSR count). The monoisotopic (exact) mass is 295 g/mol. The fourth-order valence-corrected chi connectivity index (χ4v) is 4.11. The number of hydrogen-bond donors (Lipinski definition) is 0. The number of carbonyl (C=O) groups excluding carboxylic acids is 1.